The van der Waals surface area contributed by atoms with Crippen LogP contribution in [0.1, 0.15) is 15.9 Å². The molecule has 0 N–H and O–H groups in total. The van der Waals surface area contributed by atoms with E-state index in [0.29, 0.717) is 0 Å². The van der Waals surface area contributed by atoms with Crippen LogP contribution in [0, 0.1) is 0 Å². The van der Waals surface area contributed by atoms with Crippen LogP contribution in [0.15, 0.2) is 54.6 Å². The third-order valence-electron chi connectivity index (χ3n) is 4.39. The predicted molar refractivity (Wildman–Crippen MR) is 88.9 cm³/mol. The Hall–Kier alpha value is -3.07. The second-order valence-electron chi connectivity index (χ2n) is 5.73. The van der Waals surface area contributed by atoms with Crippen molar-refractivity contribution in [3.05, 3.63) is 65.7 Å². The highest BCUT2D eigenvalue weighted by molar-refractivity contribution is 6.20. The van der Waals surface area contributed by atoms with E-state index < -0.39 is 0 Å². The van der Waals surface area contributed by atoms with E-state index in [-0.39, 0.29) is 12.6 Å². The fourth-order valence-electron chi connectivity index (χ4n) is 3.29. The minimum absolute atomic E-state index is 0.0521. The summed E-state index contributed by atoms with van der Waals surface area (Å²) in [6.07, 6.45) is 3.53. The van der Waals surface area contributed by atoms with E-state index in [0.717, 1.165) is 44.5 Å². The van der Waals surface area contributed by atoms with Crippen LogP contribution in [0.3, 0.4) is 0 Å². The van der Waals surface area contributed by atoms with E-state index >= 15 is 0 Å². The summed E-state index contributed by atoms with van der Waals surface area (Å²) >= 11 is 0. The molecule has 1 aliphatic heterocycles. The smallest absolute Gasteiger partial charge is 0.231 e. The summed E-state index contributed by atoms with van der Waals surface area (Å²) in [5, 5.41) is 2.11. The first kappa shape index (κ1) is 12.5. The van der Waals surface area contributed by atoms with Gasteiger partial charge in [0, 0.05) is 10.9 Å². The monoisotopic (exact) mass is 300 g/mol. The fourth-order valence-corrected chi connectivity index (χ4v) is 3.29. The summed E-state index contributed by atoms with van der Waals surface area (Å²) < 4.78 is 10.8. The molecule has 0 amide bonds. The maximum absolute atomic E-state index is 12.3. The van der Waals surface area contributed by atoms with Crippen LogP contribution < -0.4 is 9.47 Å². The van der Waals surface area contributed by atoms with Crippen molar-refractivity contribution < 1.29 is 14.3 Å². The van der Waals surface area contributed by atoms with Gasteiger partial charge in [0.2, 0.25) is 6.79 Å². The fraction of sp³-hybridized carbons (Fsp3) is 0.0500. The van der Waals surface area contributed by atoms with Crippen LogP contribution in [-0.4, -0.2) is 12.6 Å². The van der Waals surface area contributed by atoms with Crippen molar-refractivity contribution in [2.45, 2.75) is 0 Å². The van der Waals surface area contributed by atoms with E-state index in [1.54, 1.807) is 6.08 Å². The molecule has 0 aromatic heterocycles. The zero-order chi connectivity index (χ0) is 15.4. The van der Waals surface area contributed by atoms with Crippen LogP contribution in [0.25, 0.3) is 28.0 Å². The molecule has 1 heterocycles. The number of allylic oxidation sites excluding steroid dienone is 1. The lowest BCUT2D eigenvalue weighted by atomic mass is 9.89. The van der Waals surface area contributed by atoms with Gasteiger partial charge in [0.1, 0.15) is 0 Å². The molecule has 5 rings (SSSR count). The summed E-state index contributed by atoms with van der Waals surface area (Å²) in [4.78, 5) is 12.3. The average molecular weight is 300 g/mol. The molecule has 3 aromatic rings. The molecule has 0 atom stereocenters. The Balaban J connectivity index is 1.77. The highest BCUT2D eigenvalue weighted by Crippen LogP contribution is 2.38. The topological polar surface area (TPSA) is 35.5 Å². The van der Waals surface area contributed by atoms with Crippen molar-refractivity contribution in [2.75, 3.05) is 6.79 Å². The predicted octanol–water partition coefficient (Wildman–Crippen LogP) is 4.45. The van der Waals surface area contributed by atoms with E-state index in [4.69, 9.17) is 9.47 Å². The summed E-state index contributed by atoms with van der Waals surface area (Å²) in [7, 11) is 0. The number of hydrogen-bond donors (Lipinski definition) is 0. The zero-order valence-electron chi connectivity index (χ0n) is 12.2. The Kier molecular flexibility index (Phi) is 2.42. The van der Waals surface area contributed by atoms with Gasteiger partial charge in [0.05, 0.1) is 0 Å². The second-order valence-corrected chi connectivity index (χ2v) is 5.73. The zero-order valence-corrected chi connectivity index (χ0v) is 12.2. The molecule has 0 unspecified atom stereocenters. The number of ether oxygens (including phenoxy) is 2. The first-order chi connectivity index (χ1) is 11.3. The largest absolute Gasteiger partial charge is 0.454 e. The van der Waals surface area contributed by atoms with Crippen molar-refractivity contribution in [1.82, 2.24) is 0 Å². The SMILES string of the molecule is O=C1C=Cc2cccc3cc(-c4ccc5c(c4)OCO5)cc1c23. The number of fused-ring (bicyclic) bond motifs is 1. The highest BCUT2D eigenvalue weighted by atomic mass is 16.7. The van der Waals surface area contributed by atoms with Crippen LogP contribution in [-0.2, 0) is 0 Å². The van der Waals surface area contributed by atoms with E-state index in [2.05, 4.69) is 6.07 Å². The normalized spacial score (nSPS) is 14.5. The third-order valence-corrected chi connectivity index (χ3v) is 4.39. The maximum atomic E-state index is 12.3. The molecular weight excluding hydrogens is 288 g/mol. The Bertz CT molecular complexity index is 1010. The van der Waals surface area contributed by atoms with Crippen molar-refractivity contribution in [3.8, 4) is 22.6 Å². The molecule has 110 valence electrons. The quantitative estimate of drug-likeness (QED) is 0.666. The van der Waals surface area contributed by atoms with Crippen molar-refractivity contribution >= 4 is 22.6 Å². The van der Waals surface area contributed by atoms with Gasteiger partial charge in [0.15, 0.2) is 17.3 Å². The van der Waals surface area contributed by atoms with E-state index in [1.807, 2.05) is 48.5 Å². The molecule has 3 heteroatoms. The van der Waals surface area contributed by atoms with Crippen LogP contribution in [0.2, 0.25) is 0 Å². The molecular formula is C20H12O3. The molecule has 3 aromatic carbocycles. The summed E-state index contributed by atoms with van der Waals surface area (Å²) in [6.45, 7) is 0.258. The molecule has 0 saturated heterocycles. The Labute approximate surface area is 132 Å². The van der Waals surface area contributed by atoms with Crippen LogP contribution in [0.5, 0.6) is 11.5 Å². The van der Waals surface area contributed by atoms with Crippen molar-refractivity contribution in [1.29, 1.82) is 0 Å². The van der Waals surface area contributed by atoms with Gasteiger partial charge in [-0.15, -0.1) is 0 Å². The van der Waals surface area contributed by atoms with E-state index in [9.17, 15) is 4.79 Å². The number of benzene rings is 3. The van der Waals surface area contributed by atoms with Gasteiger partial charge in [-0.25, -0.2) is 0 Å². The van der Waals surface area contributed by atoms with Gasteiger partial charge in [-0.3, -0.25) is 4.79 Å². The molecule has 0 bridgehead atoms. The second kappa shape index (κ2) is 4.46. The number of carbonyl (C=O) groups is 1. The highest BCUT2D eigenvalue weighted by Gasteiger charge is 2.18. The number of hydrogen-bond acceptors (Lipinski definition) is 3. The Morgan fingerprint density at radius 2 is 1.74 bits per heavy atom. The van der Waals surface area contributed by atoms with E-state index in [1.165, 1.54) is 0 Å². The van der Waals surface area contributed by atoms with Crippen molar-refractivity contribution in [3.63, 3.8) is 0 Å². The lowest BCUT2D eigenvalue weighted by Gasteiger charge is -2.14. The summed E-state index contributed by atoms with van der Waals surface area (Å²) in [6, 6.07) is 16.1. The lowest BCUT2D eigenvalue weighted by Crippen LogP contribution is -2.02. The first-order valence-electron chi connectivity index (χ1n) is 7.49. The molecule has 0 saturated carbocycles. The Morgan fingerprint density at radius 3 is 2.70 bits per heavy atom. The van der Waals surface area contributed by atoms with Gasteiger partial charge in [-0.1, -0.05) is 30.3 Å². The average Bonchev–Trinajstić information content (AvgIpc) is 3.05. The van der Waals surface area contributed by atoms with Gasteiger partial charge in [0.25, 0.3) is 0 Å². The van der Waals surface area contributed by atoms with Crippen molar-refractivity contribution in [2.24, 2.45) is 0 Å². The summed E-state index contributed by atoms with van der Waals surface area (Å²) in [5.74, 6) is 1.56. The first-order valence-corrected chi connectivity index (χ1v) is 7.49. The summed E-state index contributed by atoms with van der Waals surface area (Å²) in [5.41, 5.74) is 3.87. The molecule has 23 heavy (non-hydrogen) atoms. The molecule has 3 nitrogen and oxygen atoms in total. The molecule has 1 aliphatic carbocycles. The van der Waals surface area contributed by atoms with Gasteiger partial charge in [-0.2, -0.15) is 0 Å². The van der Waals surface area contributed by atoms with Gasteiger partial charge in [-0.05, 0) is 52.4 Å². The Morgan fingerprint density at radius 1 is 0.826 bits per heavy atom. The number of ketones is 1. The number of carbonyl (C=O) groups excluding carboxylic acids is 1. The van der Waals surface area contributed by atoms with Crippen LogP contribution >= 0.6 is 0 Å². The van der Waals surface area contributed by atoms with Gasteiger partial charge >= 0.3 is 0 Å². The van der Waals surface area contributed by atoms with Gasteiger partial charge < -0.3 is 9.47 Å². The third kappa shape index (κ3) is 1.80. The minimum atomic E-state index is 0.0521. The number of rotatable bonds is 1. The molecule has 0 fully saturated rings. The molecule has 0 radical (unpaired) electrons. The lowest BCUT2D eigenvalue weighted by molar-refractivity contribution is 0.104. The molecule has 2 aliphatic rings. The maximum Gasteiger partial charge on any atom is 0.231 e. The minimum Gasteiger partial charge on any atom is -0.454 e. The standard InChI is InChI=1S/C20H12O3/c21-17-6-4-12-2-1-3-14-8-15(9-16(17)20(12)14)13-5-7-18-19(10-13)23-11-22-18/h1-10H,11H2. The van der Waals surface area contributed by atoms with Crippen LogP contribution in [0.4, 0.5) is 0 Å². The molecule has 0 spiro atoms.